The van der Waals surface area contributed by atoms with Crippen molar-refractivity contribution in [1.82, 2.24) is 10.2 Å². The molecule has 1 N–H and O–H groups in total. The maximum absolute atomic E-state index is 12.3. The normalized spacial score (nSPS) is 14.4. The molecule has 3 amide bonds. The van der Waals surface area contributed by atoms with E-state index in [2.05, 4.69) is 0 Å². The lowest BCUT2D eigenvalue weighted by Crippen LogP contribution is -2.34. The summed E-state index contributed by atoms with van der Waals surface area (Å²) < 4.78 is 0. The number of hydrogen-bond acceptors (Lipinski definition) is 5. The van der Waals surface area contributed by atoms with Crippen LogP contribution in [0.3, 0.4) is 0 Å². The predicted molar refractivity (Wildman–Crippen MR) is 75.9 cm³/mol. The molecule has 1 aromatic carbocycles. The van der Waals surface area contributed by atoms with Gasteiger partial charge in [-0.05, 0) is 25.0 Å². The van der Waals surface area contributed by atoms with Crippen LogP contribution in [-0.2, 0) is 16.1 Å². The Morgan fingerprint density at radius 3 is 2.91 bits per heavy atom. The molecule has 8 nitrogen and oxygen atoms in total. The molecule has 22 heavy (non-hydrogen) atoms. The third-order valence-corrected chi connectivity index (χ3v) is 3.68. The van der Waals surface area contributed by atoms with Gasteiger partial charge in [-0.1, -0.05) is 0 Å². The largest absolute Gasteiger partial charge is 0.332 e. The zero-order chi connectivity index (χ0) is 16.3. The summed E-state index contributed by atoms with van der Waals surface area (Å²) in [5.74, 6) is -0.677. The van der Waals surface area contributed by atoms with Crippen LogP contribution in [0.4, 0.5) is 5.69 Å². The molecule has 116 valence electrons. The second-order valence-electron chi connectivity index (χ2n) is 5.10. The number of non-ortho nitro benzene ring substituents is 1. The van der Waals surface area contributed by atoms with Gasteiger partial charge in [0, 0.05) is 31.1 Å². The molecule has 0 bridgehead atoms. The fraction of sp³-hybridized carbons (Fsp3) is 0.357. The van der Waals surface area contributed by atoms with Crippen LogP contribution in [0.1, 0.15) is 35.7 Å². The molecular weight excluding hydrogens is 290 g/mol. The summed E-state index contributed by atoms with van der Waals surface area (Å²) in [5, 5.41) is 12.8. The second kappa shape index (κ2) is 6.33. The number of hydrogen-bond donors (Lipinski definition) is 1. The quantitative estimate of drug-likeness (QED) is 0.479. The summed E-state index contributed by atoms with van der Waals surface area (Å²) in [6, 6.07) is 4.02. The molecule has 0 spiro atoms. The van der Waals surface area contributed by atoms with Gasteiger partial charge in [0.05, 0.1) is 10.5 Å². The van der Waals surface area contributed by atoms with Crippen molar-refractivity contribution in [2.24, 2.45) is 0 Å². The monoisotopic (exact) mass is 305 g/mol. The van der Waals surface area contributed by atoms with Gasteiger partial charge < -0.3 is 4.90 Å². The highest BCUT2D eigenvalue weighted by molar-refractivity contribution is 5.99. The van der Waals surface area contributed by atoms with E-state index < -0.39 is 10.8 Å². The van der Waals surface area contributed by atoms with E-state index in [0.717, 1.165) is 5.56 Å². The SMILES string of the molecule is CC(CCC(=O)NC=O)N1Cc2ccc([N+](=O)[O-])cc2C1=O. The van der Waals surface area contributed by atoms with Crippen LogP contribution in [0.2, 0.25) is 0 Å². The van der Waals surface area contributed by atoms with Gasteiger partial charge in [0.2, 0.25) is 12.3 Å². The van der Waals surface area contributed by atoms with Crippen LogP contribution in [0.15, 0.2) is 18.2 Å². The topological polar surface area (TPSA) is 110 Å². The number of nitro benzene ring substituents is 1. The lowest BCUT2D eigenvalue weighted by Gasteiger charge is -2.23. The molecule has 1 aliphatic rings. The maximum atomic E-state index is 12.3. The van der Waals surface area contributed by atoms with Crippen molar-refractivity contribution >= 4 is 23.9 Å². The van der Waals surface area contributed by atoms with Crippen LogP contribution in [0, 0.1) is 10.1 Å². The van der Waals surface area contributed by atoms with Gasteiger partial charge in [-0.15, -0.1) is 0 Å². The average molecular weight is 305 g/mol. The Hall–Kier alpha value is -2.77. The Kier molecular flexibility index (Phi) is 4.50. The molecule has 1 unspecified atom stereocenters. The maximum Gasteiger partial charge on any atom is 0.270 e. The van der Waals surface area contributed by atoms with Crippen LogP contribution >= 0.6 is 0 Å². The molecule has 1 aliphatic heterocycles. The molecule has 2 rings (SSSR count). The number of nitrogens with one attached hydrogen (secondary N) is 1. The fourth-order valence-electron chi connectivity index (χ4n) is 2.41. The first-order valence-corrected chi connectivity index (χ1v) is 6.75. The van der Waals surface area contributed by atoms with Gasteiger partial charge in [0.15, 0.2) is 0 Å². The van der Waals surface area contributed by atoms with Crippen molar-refractivity contribution in [1.29, 1.82) is 0 Å². The highest BCUT2D eigenvalue weighted by atomic mass is 16.6. The summed E-state index contributed by atoms with van der Waals surface area (Å²) in [5.41, 5.74) is 0.949. The van der Waals surface area contributed by atoms with Gasteiger partial charge >= 0.3 is 0 Å². The van der Waals surface area contributed by atoms with Crippen molar-refractivity contribution in [3.05, 3.63) is 39.4 Å². The lowest BCUT2D eigenvalue weighted by molar-refractivity contribution is -0.384. The summed E-state index contributed by atoms with van der Waals surface area (Å²) >= 11 is 0. The Balaban J connectivity index is 2.06. The molecule has 8 heteroatoms. The van der Waals surface area contributed by atoms with E-state index in [1.807, 2.05) is 5.32 Å². The molecule has 1 heterocycles. The van der Waals surface area contributed by atoms with Crippen molar-refractivity contribution in [2.75, 3.05) is 0 Å². The smallest absolute Gasteiger partial charge is 0.270 e. The number of nitro groups is 1. The van der Waals surface area contributed by atoms with Gasteiger partial charge in [0.1, 0.15) is 0 Å². The average Bonchev–Trinajstić information content (AvgIpc) is 2.82. The summed E-state index contributed by atoms with van der Waals surface area (Å²) in [7, 11) is 0. The Labute approximate surface area is 126 Å². The van der Waals surface area contributed by atoms with Crippen molar-refractivity contribution in [3.63, 3.8) is 0 Å². The molecule has 0 radical (unpaired) electrons. The molecule has 0 saturated heterocycles. The van der Waals surface area contributed by atoms with Crippen LogP contribution in [0.5, 0.6) is 0 Å². The lowest BCUT2D eigenvalue weighted by atomic mass is 10.1. The number of rotatable bonds is 6. The second-order valence-corrected chi connectivity index (χ2v) is 5.10. The number of benzene rings is 1. The van der Waals surface area contributed by atoms with E-state index in [1.54, 1.807) is 17.9 Å². The molecule has 1 atom stereocenters. The summed E-state index contributed by atoms with van der Waals surface area (Å²) in [6.07, 6.45) is 0.852. The Morgan fingerprint density at radius 1 is 1.55 bits per heavy atom. The van der Waals surface area contributed by atoms with E-state index in [-0.39, 0.29) is 24.1 Å². The number of imide groups is 1. The zero-order valence-corrected chi connectivity index (χ0v) is 11.9. The van der Waals surface area contributed by atoms with Gasteiger partial charge in [-0.2, -0.15) is 0 Å². The first kappa shape index (κ1) is 15.6. The predicted octanol–water partition coefficient (Wildman–Crippen LogP) is 0.992. The molecule has 0 saturated carbocycles. The van der Waals surface area contributed by atoms with E-state index >= 15 is 0 Å². The minimum atomic E-state index is -0.538. The van der Waals surface area contributed by atoms with Gasteiger partial charge in [-0.3, -0.25) is 29.8 Å². The third kappa shape index (κ3) is 3.11. The van der Waals surface area contributed by atoms with Crippen molar-refractivity contribution in [2.45, 2.75) is 32.4 Å². The first-order valence-electron chi connectivity index (χ1n) is 6.75. The highest BCUT2D eigenvalue weighted by Gasteiger charge is 2.32. The Bertz CT molecular complexity index is 643. The van der Waals surface area contributed by atoms with Crippen LogP contribution in [0.25, 0.3) is 0 Å². The van der Waals surface area contributed by atoms with E-state index in [4.69, 9.17) is 0 Å². The standard InChI is InChI=1S/C14H15N3O5/c1-9(2-5-13(19)15-8-18)16-7-10-3-4-11(17(21)22)6-12(10)14(16)20/h3-4,6,8-9H,2,5,7H2,1H3,(H,15,18,19). The van der Waals surface area contributed by atoms with Crippen LogP contribution < -0.4 is 5.32 Å². The number of carbonyl (C=O) groups is 3. The number of nitrogens with zero attached hydrogens (tertiary/aromatic N) is 2. The van der Waals surface area contributed by atoms with Crippen LogP contribution in [-0.4, -0.2) is 34.1 Å². The van der Waals surface area contributed by atoms with Crippen molar-refractivity contribution < 1.29 is 19.3 Å². The minimum absolute atomic E-state index is 0.119. The van der Waals surface area contributed by atoms with Crippen molar-refractivity contribution in [3.8, 4) is 0 Å². The fourth-order valence-corrected chi connectivity index (χ4v) is 2.41. The summed E-state index contributed by atoms with van der Waals surface area (Å²) in [6.45, 7) is 2.16. The van der Waals surface area contributed by atoms with Gasteiger partial charge in [0.25, 0.3) is 11.6 Å². The number of amides is 3. The van der Waals surface area contributed by atoms with E-state index in [1.165, 1.54) is 12.1 Å². The number of carbonyl (C=O) groups excluding carboxylic acids is 3. The first-order chi connectivity index (χ1) is 10.4. The molecule has 0 aliphatic carbocycles. The minimum Gasteiger partial charge on any atom is -0.332 e. The molecule has 1 aromatic rings. The third-order valence-electron chi connectivity index (χ3n) is 3.68. The molecular formula is C14H15N3O5. The van der Waals surface area contributed by atoms with E-state index in [0.29, 0.717) is 24.9 Å². The van der Waals surface area contributed by atoms with E-state index in [9.17, 15) is 24.5 Å². The molecule has 0 aromatic heterocycles. The van der Waals surface area contributed by atoms with Gasteiger partial charge in [-0.25, -0.2) is 0 Å². The Morgan fingerprint density at radius 2 is 2.27 bits per heavy atom. The summed E-state index contributed by atoms with van der Waals surface area (Å²) in [4.78, 5) is 45.5. The molecule has 0 fully saturated rings. The highest BCUT2D eigenvalue weighted by Crippen LogP contribution is 2.28. The number of fused-ring (bicyclic) bond motifs is 1. The zero-order valence-electron chi connectivity index (χ0n) is 11.9.